The van der Waals surface area contributed by atoms with Crippen molar-refractivity contribution in [2.24, 2.45) is 0 Å². The number of rotatable bonds is 2. The van der Waals surface area contributed by atoms with Gasteiger partial charge in [0.15, 0.2) is 0 Å². The van der Waals surface area contributed by atoms with E-state index in [1.807, 2.05) is 0 Å². The number of fused-ring (bicyclic) bond motifs is 15. The summed E-state index contributed by atoms with van der Waals surface area (Å²) in [6.45, 7) is 0. The second-order valence-electron chi connectivity index (χ2n) is 14.4. The average molecular weight is 673 g/mol. The fourth-order valence-electron chi connectivity index (χ4n) is 9.74. The molecule has 0 aliphatic heterocycles. The third-order valence-electron chi connectivity index (χ3n) is 11.8. The van der Waals surface area contributed by atoms with E-state index in [9.17, 15) is 0 Å². The first-order chi connectivity index (χ1) is 26.3. The summed E-state index contributed by atoms with van der Waals surface area (Å²) < 4.78 is 11.6. The van der Waals surface area contributed by atoms with Gasteiger partial charge in [-0.25, -0.2) is 0 Å². The van der Waals surface area contributed by atoms with Gasteiger partial charge in [-0.15, -0.1) is 0 Å². The zero-order valence-corrected chi connectivity index (χ0v) is 28.5. The van der Waals surface area contributed by atoms with Crippen molar-refractivity contribution < 1.29 is 4.42 Å². The second-order valence-corrected chi connectivity index (χ2v) is 14.4. The maximum absolute atomic E-state index is 6.58. The Labute approximate surface area is 303 Å². The molecule has 1 aliphatic carbocycles. The number of para-hydroxylation sites is 2. The molecule has 3 heterocycles. The Bertz CT molecular complexity index is 3540. The molecule has 3 aromatic heterocycles. The molecule has 0 atom stereocenters. The molecule has 244 valence electrons. The van der Waals surface area contributed by atoms with Crippen molar-refractivity contribution in [3.8, 4) is 33.6 Å². The Morgan fingerprint density at radius 1 is 0.302 bits per heavy atom. The summed E-state index contributed by atoms with van der Waals surface area (Å²) in [7, 11) is 0. The van der Waals surface area contributed by atoms with E-state index < -0.39 is 0 Å². The summed E-state index contributed by atoms with van der Waals surface area (Å²) >= 11 is 0. The summed E-state index contributed by atoms with van der Waals surface area (Å²) in [5.74, 6) is 0. The maximum atomic E-state index is 6.58. The highest BCUT2D eigenvalue weighted by Gasteiger charge is 2.27. The molecule has 12 aromatic rings. The van der Waals surface area contributed by atoms with Crippen LogP contribution in [-0.4, -0.2) is 9.13 Å². The zero-order chi connectivity index (χ0) is 34.4. The molecule has 0 saturated carbocycles. The molecule has 0 radical (unpaired) electrons. The molecule has 0 fully saturated rings. The first kappa shape index (κ1) is 27.6. The molecule has 0 N–H and O–H groups in total. The van der Waals surface area contributed by atoms with E-state index >= 15 is 0 Å². The number of hydrogen-bond acceptors (Lipinski definition) is 1. The summed E-state index contributed by atoms with van der Waals surface area (Å²) in [4.78, 5) is 0. The molecule has 9 aromatic carbocycles. The fourth-order valence-corrected chi connectivity index (χ4v) is 9.74. The molecular weight excluding hydrogens is 645 g/mol. The molecule has 0 unspecified atom stereocenters. The summed E-state index contributed by atoms with van der Waals surface area (Å²) in [5, 5.41) is 12.2. The lowest BCUT2D eigenvalue weighted by Gasteiger charge is -2.14. The summed E-state index contributed by atoms with van der Waals surface area (Å²) in [6, 6.07) is 62.2. The maximum Gasteiger partial charge on any atom is 0.137 e. The Morgan fingerprint density at radius 2 is 0.925 bits per heavy atom. The van der Waals surface area contributed by atoms with Crippen molar-refractivity contribution in [3.05, 3.63) is 170 Å². The number of aromatic nitrogens is 2. The largest absolute Gasteiger partial charge is 0.456 e. The molecule has 0 spiro atoms. The molecule has 13 rings (SSSR count). The third kappa shape index (κ3) is 3.40. The van der Waals surface area contributed by atoms with Gasteiger partial charge in [0.2, 0.25) is 0 Å². The number of furan rings is 1. The van der Waals surface area contributed by atoms with Crippen molar-refractivity contribution in [1.82, 2.24) is 9.13 Å². The van der Waals surface area contributed by atoms with Gasteiger partial charge in [-0.2, -0.15) is 0 Å². The van der Waals surface area contributed by atoms with Crippen molar-refractivity contribution in [2.45, 2.75) is 0 Å². The van der Waals surface area contributed by atoms with Crippen LogP contribution in [0.1, 0.15) is 0 Å². The van der Waals surface area contributed by atoms with Gasteiger partial charge >= 0.3 is 0 Å². The summed E-state index contributed by atoms with van der Waals surface area (Å²) in [5.41, 5.74) is 14.1. The monoisotopic (exact) mass is 672 g/mol. The minimum atomic E-state index is 0.895. The van der Waals surface area contributed by atoms with Gasteiger partial charge in [-0.05, 0) is 75.5 Å². The topological polar surface area (TPSA) is 23.0 Å². The molecule has 0 amide bonds. The molecule has 3 heteroatoms. The smallest absolute Gasteiger partial charge is 0.137 e. The zero-order valence-electron chi connectivity index (χ0n) is 28.5. The number of nitrogens with zero attached hydrogens (tertiary/aromatic N) is 2. The fraction of sp³-hybridized carbons (Fsp3) is 0. The van der Waals surface area contributed by atoms with Crippen LogP contribution in [0, 0.1) is 0 Å². The van der Waals surface area contributed by atoms with Crippen molar-refractivity contribution in [1.29, 1.82) is 0 Å². The SMILES string of the molecule is c1ccc2c(c1)-c1cccc3c(-n4c5ccc6c7ccccc7n(-c7cccc8ccccc78)c6c5c5ccc6oc7ccccc7c6c54)ccc-2c13. The quantitative estimate of drug-likeness (QED) is 0.179. The lowest BCUT2D eigenvalue weighted by Crippen LogP contribution is -1.97. The Kier molecular flexibility index (Phi) is 5.11. The van der Waals surface area contributed by atoms with Crippen LogP contribution in [0.25, 0.3) is 121 Å². The van der Waals surface area contributed by atoms with E-state index in [4.69, 9.17) is 4.42 Å². The lowest BCUT2D eigenvalue weighted by molar-refractivity contribution is 0.669. The van der Waals surface area contributed by atoms with Crippen LogP contribution >= 0.6 is 0 Å². The van der Waals surface area contributed by atoms with Gasteiger partial charge in [0.05, 0.1) is 38.8 Å². The highest BCUT2D eigenvalue weighted by atomic mass is 16.3. The molecule has 1 aliphatic rings. The normalized spacial score (nSPS) is 12.5. The van der Waals surface area contributed by atoms with Crippen LogP contribution in [0.15, 0.2) is 174 Å². The molecule has 0 bridgehead atoms. The Balaban J connectivity index is 1.28. The van der Waals surface area contributed by atoms with Gasteiger partial charge in [0.1, 0.15) is 11.2 Å². The average Bonchev–Trinajstić information content (AvgIpc) is 3.95. The van der Waals surface area contributed by atoms with E-state index in [0.717, 1.165) is 21.9 Å². The van der Waals surface area contributed by atoms with E-state index in [2.05, 4.69) is 179 Å². The highest BCUT2D eigenvalue weighted by Crippen LogP contribution is 2.51. The third-order valence-corrected chi connectivity index (χ3v) is 11.8. The predicted octanol–water partition coefficient (Wildman–Crippen LogP) is 13.7. The van der Waals surface area contributed by atoms with Gasteiger partial charge < -0.3 is 13.6 Å². The minimum absolute atomic E-state index is 0.895. The van der Waals surface area contributed by atoms with E-state index in [1.54, 1.807) is 0 Å². The Hall–Kier alpha value is -7.10. The summed E-state index contributed by atoms with van der Waals surface area (Å²) in [6.07, 6.45) is 0. The van der Waals surface area contributed by atoms with Gasteiger partial charge in [-0.1, -0.05) is 127 Å². The van der Waals surface area contributed by atoms with E-state index in [1.165, 1.54) is 98.8 Å². The first-order valence-corrected chi connectivity index (χ1v) is 18.3. The first-order valence-electron chi connectivity index (χ1n) is 18.3. The van der Waals surface area contributed by atoms with E-state index in [0.29, 0.717) is 0 Å². The predicted molar refractivity (Wildman–Crippen MR) is 222 cm³/mol. The van der Waals surface area contributed by atoms with E-state index in [-0.39, 0.29) is 0 Å². The van der Waals surface area contributed by atoms with Gasteiger partial charge in [0.25, 0.3) is 0 Å². The van der Waals surface area contributed by atoms with Gasteiger partial charge in [-0.3, -0.25) is 0 Å². The van der Waals surface area contributed by atoms with Crippen molar-refractivity contribution >= 4 is 87.1 Å². The number of hydrogen-bond donors (Lipinski definition) is 0. The van der Waals surface area contributed by atoms with Crippen molar-refractivity contribution in [3.63, 3.8) is 0 Å². The second kappa shape index (κ2) is 9.81. The van der Waals surface area contributed by atoms with Crippen LogP contribution in [0.2, 0.25) is 0 Å². The lowest BCUT2D eigenvalue weighted by atomic mass is 10.0. The molecule has 0 saturated heterocycles. The Morgan fingerprint density at radius 3 is 1.83 bits per heavy atom. The van der Waals surface area contributed by atoms with Crippen LogP contribution in [0.4, 0.5) is 0 Å². The van der Waals surface area contributed by atoms with Crippen LogP contribution < -0.4 is 0 Å². The van der Waals surface area contributed by atoms with Crippen molar-refractivity contribution in [2.75, 3.05) is 0 Å². The number of benzene rings is 9. The van der Waals surface area contributed by atoms with Gasteiger partial charge in [0, 0.05) is 37.7 Å². The van der Waals surface area contributed by atoms with Crippen LogP contribution in [0.5, 0.6) is 0 Å². The minimum Gasteiger partial charge on any atom is -0.456 e. The standard InChI is InChI=1S/C50H28N2O/c1-2-13-30-29(11-1)12-9-21-40(30)51-41-20-7-5-16-33(41)36-24-27-43-47(49(36)51)39-25-28-45-48(38-17-6-8-22-44(38)53-45)50(39)52(43)42-26-23-35-32-15-4-3-14-31(32)34-18-10-19-37(42)46(34)35/h1-28H. The molecular formula is C50H28N2O. The van der Waals surface area contributed by atoms with Crippen LogP contribution in [0.3, 0.4) is 0 Å². The molecule has 3 nitrogen and oxygen atoms in total. The molecule has 53 heavy (non-hydrogen) atoms. The highest BCUT2D eigenvalue weighted by molar-refractivity contribution is 6.32. The van der Waals surface area contributed by atoms with Crippen LogP contribution in [-0.2, 0) is 0 Å².